The van der Waals surface area contributed by atoms with Crippen molar-refractivity contribution in [2.24, 2.45) is 40.4 Å². The molecule has 7 atom stereocenters. The van der Waals surface area contributed by atoms with E-state index in [1.54, 1.807) is 0 Å². The first-order valence-corrected chi connectivity index (χ1v) is 11.7. The molecule has 4 aliphatic rings. The third kappa shape index (κ3) is 3.04. The van der Waals surface area contributed by atoms with Crippen molar-refractivity contribution in [1.29, 1.82) is 0 Å². The molecule has 0 bridgehead atoms. The van der Waals surface area contributed by atoms with Crippen LogP contribution in [0.2, 0.25) is 0 Å². The molecule has 0 heterocycles. The molecule has 4 rings (SSSR count). The van der Waals surface area contributed by atoms with Crippen molar-refractivity contribution in [3.63, 3.8) is 0 Å². The lowest BCUT2D eigenvalue weighted by molar-refractivity contribution is -0.137. The SMILES string of the molecule is CC12CCC3C(CCC[C@H]4CCCCC34C)C1CCC2CCCC(=O)O. The number of carbonyl (C=O) groups is 1. The number of fused-ring (bicyclic) bond motifs is 5. The summed E-state index contributed by atoms with van der Waals surface area (Å²) >= 11 is 0. The summed E-state index contributed by atoms with van der Waals surface area (Å²) in [6, 6.07) is 0. The standard InChI is InChI=1S/C24H40O2/c1-23-15-4-3-7-17(23)8-5-10-19-20-13-12-18(9-6-11-22(25)26)24(20,2)16-14-21(19)23/h17-21H,3-16H2,1-2H3,(H,25,26)/t17-,18?,19?,20?,21?,23?,24?/m1/s1. The largest absolute Gasteiger partial charge is 0.481 e. The average Bonchev–Trinajstić information content (AvgIpc) is 2.85. The van der Waals surface area contributed by atoms with E-state index >= 15 is 0 Å². The predicted molar refractivity (Wildman–Crippen MR) is 106 cm³/mol. The number of hydrogen-bond donors (Lipinski definition) is 1. The quantitative estimate of drug-likeness (QED) is 0.607. The normalized spacial score (nSPS) is 48.2. The van der Waals surface area contributed by atoms with Gasteiger partial charge in [0.1, 0.15) is 0 Å². The first-order valence-electron chi connectivity index (χ1n) is 11.7. The van der Waals surface area contributed by atoms with Crippen LogP contribution in [0.25, 0.3) is 0 Å². The van der Waals surface area contributed by atoms with Gasteiger partial charge < -0.3 is 5.11 Å². The summed E-state index contributed by atoms with van der Waals surface area (Å²) in [7, 11) is 0. The Morgan fingerprint density at radius 1 is 0.885 bits per heavy atom. The Labute approximate surface area is 160 Å². The van der Waals surface area contributed by atoms with Crippen LogP contribution in [0.15, 0.2) is 0 Å². The molecular weight excluding hydrogens is 320 g/mol. The Morgan fingerprint density at radius 2 is 1.65 bits per heavy atom. The van der Waals surface area contributed by atoms with Crippen LogP contribution in [-0.4, -0.2) is 11.1 Å². The van der Waals surface area contributed by atoms with E-state index in [2.05, 4.69) is 13.8 Å². The molecule has 4 aliphatic carbocycles. The third-order valence-corrected chi connectivity index (χ3v) is 9.96. The molecule has 0 aliphatic heterocycles. The lowest BCUT2D eigenvalue weighted by Gasteiger charge is -2.56. The van der Waals surface area contributed by atoms with E-state index in [1.165, 1.54) is 70.6 Å². The molecule has 0 radical (unpaired) electrons. The summed E-state index contributed by atoms with van der Waals surface area (Å²) in [4.78, 5) is 10.9. The van der Waals surface area contributed by atoms with Gasteiger partial charge >= 0.3 is 5.97 Å². The van der Waals surface area contributed by atoms with Gasteiger partial charge in [-0.25, -0.2) is 0 Å². The Hall–Kier alpha value is -0.530. The summed E-state index contributed by atoms with van der Waals surface area (Å²) in [6.45, 7) is 5.28. The topological polar surface area (TPSA) is 37.3 Å². The highest BCUT2D eigenvalue weighted by Crippen LogP contribution is 2.66. The predicted octanol–water partition coefficient (Wildman–Crippen LogP) is 6.68. The van der Waals surface area contributed by atoms with Crippen molar-refractivity contribution < 1.29 is 9.90 Å². The highest BCUT2D eigenvalue weighted by atomic mass is 16.4. The van der Waals surface area contributed by atoms with Crippen molar-refractivity contribution in [3.8, 4) is 0 Å². The maximum atomic E-state index is 10.9. The zero-order valence-electron chi connectivity index (χ0n) is 17.1. The van der Waals surface area contributed by atoms with Gasteiger partial charge in [-0.3, -0.25) is 4.79 Å². The molecule has 1 N–H and O–H groups in total. The van der Waals surface area contributed by atoms with E-state index in [-0.39, 0.29) is 0 Å². The van der Waals surface area contributed by atoms with E-state index in [0.29, 0.717) is 17.3 Å². The Bertz CT molecular complexity index is 528. The van der Waals surface area contributed by atoms with Crippen LogP contribution in [0.4, 0.5) is 0 Å². The van der Waals surface area contributed by atoms with Crippen LogP contribution in [0.1, 0.15) is 104 Å². The minimum atomic E-state index is -0.617. The van der Waals surface area contributed by atoms with E-state index in [0.717, 1.165) is 42.4 Å². The van der Waals surface area contributed by atoms with Gasteiger partial charge in [-0.2, -0.15) is 0 Å². The van der Waals surface area contributed by atoms with Crippen LogP contribution in [0.3, 0.4) is 0 Å². The van der Waals surface area contributed by atoms with E-state index in [4.69, 9.17) is 5.11 Å². The molecule has 0 aromatic carbocycles. The molecule has 0 spiro atoms. The van der Waals surface area contributed by atoms with Crippen LogP contribution in [-0.2, 0) is 4.79 Å². The molecule has 4 fully saturated rings. The van der Waals surface area contributed by atoms with Crippen molar-refractivity contribution in [1.82, 2.24) is 0 Å². The number of carboxylic acid groups (broad SMARTS) is 1. The minimum absolute atomic E-state index is 0.364. The number of rotatable bonds is 4. The fourth-order valence-electron chi connectivity index (χ4n) is 8.58. The van der Waals surface area contributed by atoms with Crippen LogP contribution in [0.5, 0.6) is 0 Å². The fraction of sp³-hybridized carbons (Fsp3) is 0.958. The Kier molecular flexibility index (Phi) is 5.16. The first-order chi connectivity index (χ1) is 12.4. The van der Waals surface area contributed by atoms with Crippen LogP contribution in [0, 0.1) is 40.4 Å². The Balaban J connectivity index is 1.51. The second-order valence-electron chi connectivity index (χ2n) is 10.9. The fourth-order valence-corrected chi connectivity index (χ4v) is 8.58. The van der Waals surface area contributed by atoms with Gasteiger partial charge in [0.05, 0.1) is 0 Å². The lowest BCUT2D eigenvalue weighted by atomic mass is 9.49. The maximum Gasteiger partial charge on any atom is 0.303 e. The minimum Gasteiger partial charge on any atom is -0.481 e. The molecule has 0 amide bonds. The van der Waals surface area contributed by atoms with Crippen molar-refractivity contribution in [2.75, 3.05) is 0 Å². The van der Waals surface area contributed by atoms with Crippen LogP contribution >= 0.6 is 0 Å². The molecule has 0 aromatic rings. The second kappa shape index (κ2) is 7.13. The van der Waals surface area contributed by atoms with Gasteiger partial charge in [0, 0.05) is 6.42 Å². The van der Waals surface area contributed by atoms with Gasteiger partial charge in [-0.05, 0) is 105 Å². The molecule has 2 heteroatoms. The summed E-state index contributed by atoms with van der Waals surface area (Å²) in [5.41, 5.74) is 1.13. The summed E-state index contributed by atoms with van der Waals surface area (Å²) in [5.74, 6) is 4.04. The summed E-state index contributed by atoms with van der Waals surface area (Å²) in [6.07, 6.45) is 18.4. The summed E-state index contributed by atoms with van der Waals surface area (Å²) in [5, 5.41) is 9.01. The first kappa shape index (κ1) is 18.8. The molecular formula is C24H40O2. The molecule has 148 valence electrons. The molecule has 2 nitrogen and oxygen atoms in total. The monoisotopic (exact) mass is 360 g/mol. The van der Waals surface area contributed by atoms with E-state index in [1.807, 2.05) is 0 Å². The van der Waals surface area contributed by atoms with E-state index in [9.17, 15) is 4.79 Å². The second-order valence-corrected chi connectivity index (χ2v) is 10.9. The van der Waals surface area contributed by atoms with E-state index < -0.39 is 5.97 Å². The zero-order chi connectivity index (χ0) is 18.4. The zero-order valence-corrected chi connectivity index (χ0v) is 17.1. The smallest absolute Gasteiger partial charge is 0.303 e. The van der Waals surface area contributed by atoms with Crippen molar-refractivity contribution in [3.05, 3.63) is 0 Å². The van der Waals surface area contributed by atoms with Crippen molar-refractivity contribution >= 4 is 5.97 Å². The van der Waals surface area contributed by atoms with Gasteiger partial charge in [0.15, 0.2) is 0 Å². The third-order valence-electron chi connectivity index (χ3n) is 9.96. The highest BCUT2D eigenvalue weighted by molar-refractivity contribution is 5.66. The van der Waals surface area contributed by atoms with Gasteiger partial charge in [0.25, 0.3) is 0 Å². The molecule has 26 heavy (non-hydrogen) atoms. The Morgan fingerprint density at radius 3 is 2.46 bits per heavy atom. The summed E-state index contributed by atoms with van der Waals surface area (Å²) < 4.78 is 0. The number of aliphatic carboxylic acids is 1. The molecule has 0 aromatic heterocycles. The highest BCUT2D eigenvalue weighted by Gasteiger charge is 2.58. The molecule has 4 saturated carbocycles. The van der Waals surface area contributed by atoms with Crippen molar-refractivity contribution in [2.45, 2.75) is 104 Å². The molecule has 6 unspecified atom stereocenters. The van der Waals surface area contributed by atoms with Crippen LogP contribution < -0.4 is 0 Å². The van der Waals surface area contributed by atoms with Gasteiger partial charge in [-0.1, -0.05) is 33.1 Å². The maximum absolute atomic E-state index is 10.9. The van der Waals surface area contributed by atoms with Gasteiger partial charge in [-0.15, -0.1) is 0 Å². The number of carboxylic acids is 1. The molecule has 0 saturated heterocycles. The number of hydrogen-bond acceptors (Lipinski definition) is 1. The van der Waals surface area contributed by atoms with Gasteiger partial charge in [0.2, 0.25) is 0 Å². The lowest BCUT2D eigenvalue weighted by Crippen LogP contribution is -2.48. The average molecular weight is 361 g/mol.